The normalized spacial score (nSPS) is 20.7. The molecule has 104 valence electrons. The minimum absolute atomic E-state index is 0.238. The molecule has 20 heavy (non-hydrogen) atoms. The lowest BCUT2D eigenvalue weighted by Gasteiger charge is -2.31. The summed E-state index contributed by atoms with van der Waals surface area (Å²) in [4.78, 5) is 3.98. The Hall–Kier alpha value is -2.24. The lowest BCUT2D eigenvalue weighted by Crippen LogP contribution is -2.32. The Morgan fingerprint density at radius 2 is 2.05 bits per heavy atom. The number of nitrogen functional groups attached to an aromatic ring is 1. The lowest BCUT2D eigenvalue weighted by atomic mass is 9.94. The zero-order chi connectivity index (χ0) is 13.6. The molecule has 1 fully saturated rings. The maximum absolute atomic E-state index is 6.10. The van der Waals surface area contributed by atoms with Gasteiger partial charge in [0.15, 0.2) is 5.76 Å². The number of fused-ring (bicyclic) bond motifs is 1. The molecule has 6 nitrogen and oxygen atoms in total. The van der Waals surface area contributed by atoms with Crippen molar-refractivity contribution in [1.82, 2.24) is 14.6 Å². The highest BCUT2D eigenvalue weighted by Crippen LogP contribution is 2.41. The van der Waals surface area contributed by atoms with E-state index >= 15 is 0 Å². The molecule has 2 aromatic rings. The summed E-state index contributed by atoms with van der Waals surface area (Å²) < 4.78 is 13.7. The highest BCUT2D eigenvalue weighted by Gasteiger charge is 2.40. The summed E-state index contributed by atoms with van der Waals surface area (Å²) in [6.45, 7) is 0. The van der Waals surface area contributed by atoms with Gasteiger partial charge in [0.1, 0.15) is 12.0 Å². The van der Waals surface area contributed by atoms with Gasteiger partial charge in [-0.3, -0.25) is 0 Å². The minimum atomic E-state index is -0.462. The van der Waals surface area contributed by atoms with Crippen molar-refractivity contribution < 1.29 is 9.47 Å². The number of nitrogens with zero attached hydrogens (tertiary/aromatic N) is 3. The van der Waals surface area contributed by atoms with Gasteiger partial charge in [0.25, 0.3) is 5.79 Å². The number of nitrogens with two attached hydrogens (primary N) is 1. The number of hydrogen-bond acceptors (Lipinski definition) is 5. The SMILES string of the molecule is Nc1ncc2ccc(C3=COC4(CCCCC4)O3)n2n1. The Morgan fingerprint density at radius 3 is 2.90 bits per heavy atom. The van der Waals surface area contributed by atoms with E-state index in [0.717, 1.165) is 36.9 Å². The van der Waals surface area contributed by atoms with E-state index in [0.29, 0.717) is 5.76 Å². The summed E-state index contributed by atoms with van der Waals surface area (Å²) in [6.07, 6.45) is 8.81. The summed E-state index contributed by atoms with van der Waals surface area (Å²) in [7, 11) is 0. The molecule has 1 saturated carbocycles. The van der Waals surface area contributed by atoms with Gasteiger partial charge < -0.3 is 15.2 Å². The van der Waals surface area contributed by atoms with Crippen LogP contribution in [-0.4, -0.2) is 20.4 Å². The average molecular weight is 272 g/mol. The molecular formula is C14H16N4O2. The van der Waals surface area contributed by atoms with Crippen molar-refractivity contribution >= 4 is 17.2 Å². The molecule has 6 heteroatoms. The van der Waals surface area contributed by atoms with E-state index < -0.39 is 5.79 Å². The van der Waals surface area contributed by atoms with Crippen molar-refractivity contribution in [3.8, 4) is 0 Å². The molecule has 0 radical (unpaired) electrons. The van der Waals surface area contributed by atoms with E-state index in [1.54, 1.807) is 17.0 Å². The molecule has 0 aromatic carbocycles. The van der Waals surface area contributed by atoms with Crippen molar-refractivity contribution in [2.45, 2.75) is 37.9 Å². The molecule has 1 aliphatic carbocycles. The third-order valence-electron chi connectivity index (χ3n) is 3.96. The van der Waals surface area contributed by atoms with Crippen LogP contribution in [0.4, 0.5) is 5.95 Å². The van der Waals surface area contributed by atoms with Crippen LogP contribution in [0.25, 0.3) is 11.3 Å². The first-order valence-electron chi connectivity index (χ1n) is 6.93. The predicted octanol–water partition coefficient (Wildman–Crippen LogP) is 2.32. The topological polar surface area (TPSA) is 74.7 Å². The zero-order valence-electron chi connectivity index (χ0n) is 11.1. The molecule has 2 aliphatic rings. The molecule has 1 spiro atoms. The fraction of sp³-hybridized carbons (Fsp3) is 0.429. The quantitative estimate of drug-likeness (QED) is 0.862. The fourth-order valence-electron chi connectivity index (χ4n) is 2.93. The van der Waals surface area contributed by atoms with Gasteiger partial charge in [-0.05, 0) is 25.0 Å². The van der Waals surface area contributed by atoms with E-state index in [9.17, 15) is 0 Å². The largest absolute Gasteiger partial charge is 0.456 e. The monoisotopic (exact) mass is 272 g/mol. The molecule has 0 atom stereocenters. The second-order valence-electron chi connectivity index (χ2n) is 5.34. The number of aromatic nitrogens is 3. The summed E-state index contributed by atoms with van der Waals surface area (Å²) in [5.41, 5.74) is 7.37. The fourth-order valence-corrected chi connectivity index (χ4v) is 2.93. The van der Waals surface area contributed by atoms with Gasteiger partial charge in [0.2, 0.25) is 5.95 Å². The van der Waals surface area contributed by atoms with Crippen LogP contribution in [0.2, 0.25) is 0 Å². The number of anilines is 1. The average Bonchev–Trinajstić information content (AvgIpc) is 3.04. The Labute approximate surface area is 116 Å². The first kappa shape index (κ1) is 11.6. The molecule has 0 amide bonds. The number of ether oxygens (including phenoxy) is 2. The second-order valence-corrected chi connectivity index (χ2v) is 5.34. The van der Waals surface area contributed by atoms with Gasteiger partial charge in [-0.1, -0.05) is 6.42 Å². The van der Waals surface area contributed by atoms with Crippen molar-refractivity contribution in [2.75, 3.05) is 5.73 Å². The van der Waals surface area contributed by atoms with Gasteiger partial charge in [-0.15, -0.1) is 5.10 Å². The maximum atomic E-state index is 6.10. The van der Waals surface area contributed by atoms with Gasteiger partial charge in [0.05, 0.1) is 11.7 Å². The Balaban J connectivity index is 1.69. The molecule has 3 heterocycles. The number of rotatable bonds is 1. The van der Waals surface area contributed by atoms with Crippen LogP contribution in [0, 0.1) is 0 Å². The van der Waals surface area contributed by atoms with E-state index in [-0.39, 0.29) is 5.95 Å². The van der Waals surface area contributed by atoms with Crippen LogP contribution in [0.15, 0.2) is 24.6 Å². The molecule has 1 aliphatic heterocycles. The molecule has 2 N–H and O–H groups in total. The Bertz CT molecular complexity index is 686. The van der Waals surface area contributed by atoms with Crippen molar-refractivity contribution in [1.29, 1.82) is 0 Å². The predicted molar refractivity (Wildman–Crippen MR) is 73.4 cm³/mol. The van der Waals surface area contributed by atoms with Gasteiger partial charge in [0, 0.05) is 12.8 Å². The molecule has 4 rings (SSSR count). The summed E-state index contributed by atoms with van der Waals surface area (Å²) >= 11 is 0. The number of hydrogen-bond donors (Lipinski definition) is 1. The highest BCUT2D eigenvalue weighted by molar-refractivity contribution is 5.63. The summed E-state index contributed by atoms with van der Waals surface area (Å²) in [6, 6.07) is 3.88. The van der Waals surface area contributed by atoms with Crippen LogP contribution in [0.1, 0.15) is 37.8 Å². The van der Waals surface area contributed by atoms with Crippen LogP contribution < -0.4 is 5.73 Å². The third-order valence-corrected chi connectivity index (χ3v) is 3.96. The van der Waals surface area contributed by atoms with Gasteiger partial charge in [-0.2, -0.15) is 0 Å². The molecule has 0 bridgehead atoms. The summed E-state index contributed by atoms with van der Waals surface area (Å²) in [5, 5.41) is 4.22. The van der Waals surface area contributed by atoms with E-state index in [2.05, 4.69) is 10.1 Å². The maximum Gasteiger partial charge on any atom is 0.250 e. The first-order chi connectivity index (χ1) is 9.76. The molecular weight excluding hydrogens is 256 g/mol. The smallest absolute Gasteiger partial charge is 0.250 e. The van der Waals surface area contributed by atoms with Crippen molar-refractivity contribution in [2.24, 2.45) is 0 Å². The van der Waals surface area contributed by atoms with Crippen LogP contribution in [0.3, 0.4) is 0 Å². The van der Waals surface area contributed by atoms with E-state index in [4.69, 9.17) is 15.2 Å². The summed E-state index contributed by atoms with van der Waals surface area (Å²) in [5.74, 6) is 0.489. The lowest BCUT2D eigenvalue weighted by molar-refractivity contribution is -0.156. The molecule has 0 saturated heterocycles. The van der Waals surface area contributed by atoms with Crippen LogP contribution in [0.5, 0.6) is 0 Å². The van der Waals surface area contributed by atoms with Crippen LogP contribution in [-0.2, 0) is 9.47 Å². The minimum Gasteiger partial charge on any atom is -0.456 e. The van der Waals surface area contributed by atoms with Gasteiger partial charge in [-0.25, -0.2) is 9.50 Å². The second kappa shape index (κ2) is 4.13. The van der Waals surface area contributed by atoms with Crippen molar-refractivity contribution in [3.05, 3.63) is 30.3 Å². The molecule has 2 aromatic heterocycles. The highest BCUT2D eigenvalue weighted by atomic mass is 16.7. The van der Waals surface area contributed by atoms with Gasteiger partial charge >= 0.3 is 0 Å². The Kier molecular flexibility index (Phi) is 2.39. The first-order valence-corrected chi connectivity index (χ1v) is 6.93. The Morgan fingerprint density at radius 1 is 1.20 bits per heavy atom. The molecule has 0 unspecified atom stereocenters. The van der Waals surface area contributed by atoms with Crippen LogP contribution >= 0.6 is 0 Å². The third kappa shape index (κ3) is 1.71. The van der Waals surface area contributed by atoms with Crippen molar-refractivity contribution in [3.63, 3.8) is 0 Å². The van der Waals surface area contributed by atoms with E-state index in [1.165, 1.54) is 6.42 Å². The standard InChI is InChI=1S/C14H16N4O2/c15-13-16-8-10-4-5-11(18(10)17-13)12-9-19-14(20-12)6-2-1-3-7-14/h4-5,8-9H,1-3,6-7H2,(H2,15,17). The van der Waals surface area contributed by atoms with E-state index in [1.807, 2.05) is 12.1 Å². The zero-order valence-corrected chi connectivity index (χ0v) is 11.1.